The quantitative estimate of drug-likeness (QED) is 0.556. The van der Waals surface area contributed by atoms with Crippen molar-refractivity contribution in [3.8, 4) is 17.1 Å². The number of nitrogens with zero attached hydrogens (tertiary/aromatic N) is 2. The first-order valence-electron chi connectivity index (χ1n) is 8.36. The largest absolute Gasteiger partial charge is 0.508 e. The maximum absolute atomic E-state index is 9.43. The van der Waals surface area contributed by atoms with Crippen molar-refractivity contribution in [2.75, 3.05) is 0 Å². The van der Waals surface area contributed by atoms with Crippen LogP contribution in [0.25, 0.3) is 33.2 Å². The lowest BCUT2D eigenvalue weighted by molar-refractivity contribution is -0.136. The number of hydrogen-bond acceptors (Lipinski definition) is 3. The number of aryl methyl sites for hydroxylation is 1. The Morgan fingerprint density at radius 2 is 1.69 bits per heavy atom. The normalized spacial score (nSPS) is 10.5. The SMILES string of the molecule is CCC(=O)O.Cn1c(-c2ccc(O)cc2)nc2c3ccccc3ccc21. The minimum Gasteiger partial charge on any atom is -0.508 e. The molecule has 0 saturated heterocycles. The number of aromatic hydroxyl groups is 1. The van der Waals surface area contributed by atoms with Crippen molar-refractivity contribution in [3.05, 3.63) is 60.7 Å². The van der Waals surface area contributed by atoms with Gasteiger partial charge in [0, 0.05) is 24.4 Å². The highest BCUT2D eigenvalue weighted by Gasteiger charge is 2.12. The van der Waals surface area contributed by atoms with Gasteiger partial charge in [-0.3, -0.25) is 4.79 Å². The lowest BCUT2D eigenvalue weighted by atomic mass is 10.1. The van der Waals surface area contributed by atoms with Gasteiger partial charge >= 0.3 is 5.97 Å². The van der Waals surface area contributed by atoms with Gasteiger partial charge in [-0.25, -0.2) is 4.98 Å². The monoisotopic (exact) mass is 348 g/mol. The van der Waals surface area contributed by atoms with Crippen LogP contribution < -0.4 is 0 Å². The molecule has 0 aliphatic heterocycles. The summed E-state index contributed by atoms with van der Waals surface area (Å²) in [5, 5.41) is 19.5. The molecule has 0 aliphatic rings. The molecule has 0 amide bonds. The number of benzene rings is 3. The first-order chi connectivity index (χ1) is 12.5. The summed E-state index contributed by atoms with van der Waals surface area (Å²) in [4.78, 5) is 14.2. The van der Waals surface area contributed by atoms with Crippen LogP contribution in [0.3, 0.4) is 0 Å². The van der Waals surface area contributed by atoms with Crippen molar-refractivity contribution in [1.29, 1.82) is 0 Å². The molecule has 5 heteroatoms. The molecule has 5 nitrogen and oxygen atoms in total. The zero-order valence-electron chi connectivity index (χ0n) is 14.7. The fourth-order valence-corrected chi connectivity index (χ4v) is 2.80. The van der Waals surface area contributed by atoms with E-state index in [-0.39, 0.29) is 12.2 Å². The number of fused-ring (bicyclic) bond motifs is 3. The van der Waals surface area contributed by atoms with Crippen molar-refractivity contribution in [1.82, 2.24) is 9.55 Å². The topological polar surface area (TPSA) is 75.3 Å². The highest BCUT2D eigenvalue weighted by Crippen LogP contribution is 2.29. The summed E-state index contributed by atoms with van der Waals surface area (Å²) in [6.07, 6.45) is 0.222. The lowest BCUT2D eigenvalue weighted by Crippen LogP contribution is -1.91. The number of phenolic OH excluding ortho intramolecular Hbond substituents is 1. The summed E-state index contributed by atoms with van der Waals surface area (Å²) in [7, 11) is 2.02. The maximum atomic E-state index is 9.43. The summed E-state index contributed by atoms with van der Waals surface area (Å²) in [5.74, 6) is 0.425. The summed E-state index contributed by atoms with van der Waals surface area (Å²) >= 11 is 0. The zero-order chi connectivity index (χ0) is 18.7. The number of carboxylic acid groups (broad SMARTS) is 1. The minimum atomic E-state index is -0.745. The third-order valence-electron chi connectivity index (χ3n) is 4.20. The van der Waals surface area contributed by atoms with Crippen molar-refractivity contribution < 1.29 is 15.0 Å². The Morgan fingerprint density at radius 1 is 1.04 bits per heavy atom. The number of rotatable bonds is 2. The molecule has 1 heterocycles. The molecular formula is C21H20N2O3. The highest BCUT2D eigenvalue weighted by atomic mass is 16.4. The zero-order valence-corrected chi connectivity index (χ0v) is 14.7. The van der Waals surface area contributed by atoms with E-state index in [9.17, 15) is 9.90 Å². The molecule has 132 valence electrons. The molecule has 0 bridgehead atoms. The average Bonchev–Trinajstić information content (AvgIpc) is 3.00. The summed E-state index contributed by atoms with van der Waals surface area (Å²) < 4.78 is 2.09. The molecule has 0 fully saturated rings. The van der Waals surface area contributed by atoms with Gasteiger partial charge in [-0.1, -0.05) is 37.3 Å². The Morgan fingerprint density at radius 3 is 2.35 bits per heavy atom. The van der Waals surface area contributed by atoms with Crippen molar-refractivity contribution in [2.45, 2.75) is 13.3 Å². The molecule has 3 aromatic carbocycles. The van der Waals surface area contributed by atoms with Gasteiger partial charge in [0.25, 0.3) is 0 Å². The number of aromatic nitrogens is 2. The van der Waals surface area contributed by atoms with Crippen LogP contribution in [-0.2, 0) is 11.8 Å². The molecule has 4 aromatic rings. The first-order valence-corrected chi connectivity index (χ1v) is 8.36. The molecule has 4 rings (SSSR count). The molecule has 0 atom stereocenters. The third-order valence-corrected chi connectivity index (χ3v) is 4.20. The van der Waals surface area contributed by atoms with Crippen LogP contribution in [0.4, 0.5) is 0 Å². The van der Waals surface area contributed by atoms with Crippen molar-refractivity contribution >= 4 is 27.8 Å². The lowest BCUT2D eigenvalue weighted by Gasteiger charge is -2.02. The van der Waals surface area contributed by atoms with Gasteiger partial charge in [0.15, 0.2) is 0 Å². The van der Waals surface area contributed by atoms with Gasteiger partial charge in [0.1, 0.15) is 11.6 Å². The van der Waals surface area contributed by atoms with Crippen LogP contribution in [0.5, 0.6) is 5.75 Å². The second-order valence-corrected chi connectivity index (χ2v) is 5.94. The fraction of sp³-hybridized carbons (Fsp3) is 0.143. The Bertz CT molecular complexity index is 1070. The van der Waals surface area contributed by atoms with E-state index in [0.717, 1.165) is 27.8 Å². The van der Waals surface area contributed by atoms with Gasteiger partial charge in [0.05, 0.1) is 11.0 Å². The van der Waals surface area contributed by atoms with E-state index in [2.05, 4.69) is 28.8 Å². The van der Waals surface area contributed by atoms with E-state index in [1.807, 2.05) is 31.3 Å². The highest BCUT2D eigenvalue weighted by molar-refractivity contribution is 6.05. The maximum Gasteiger partial charge on any atom is 0.303 e. The minimum absolute atomic E-state index is 0.222. The summed E-state index contributed by atoms with van der Waals surface area (Å²) in [6.45, 7) is 1.60. The third kappa shape index (κ3) is 3.37. The number of phenols is 1. The second kappa shape index (κ2) is 7.27. The Hall–Kier alpha value is -3.34. The number of imidazole rings is 1. The van der Waals surface area contributed by atoms with Crippen LogP contribution in [-0.4, -0.2) is 25.7 Å². The molecule has 0 spiro atoms. The summed E-state index contributed by atoms with van der Waals surface area (Å²) in [6, 6.07) is 19.7. The average molecular weight is 348 g/mol. The van der Waals surface area contributed by atoms with E-state index in [0.29, 0.717) is 0 Å². The van der Waals surface area contributed by atoms with Crippen molar-refractivity contribution in [3.63, 3.8) is 0 Å². The number of carboxylic acids is 1. The van der Waals surface area contributed by atoms with Crippen LogP contribution in [0.1, 0.15) is 13.3 Å². The fourth-order valence-electron chi connectivity index (χ4n) is 2.80. The van der Waals surface area contributed by atoms with E-state index in [1.165, 1.54) is 5.39 Å². The van der Waals surface area contributed by atoms with Crippen LogP contribution in [0.15, 0.2) is 60.7 Å². The van der Waals surface area contributed by atoms with Gasteiger partial charge in [0.2, 0.25) is 0 Å². The van der Waals surface area contributed by atoms with E-state index in [1.54, 1.807) is 19.1 Å². The van der Waals surface area contributed by atoms with Gasteiger partial charge in [-0.15, -0.1) is 0 Å². The van der Waals surface area contributed by atoms with E-state index >= 15 is 0 Å². The number of carbonyl (C=O) groups is 1. The van der Waals surface area contributed by atoms with Gasteiger partial charge in [-0.05, 0) is 35.7 Å². The van der Waals surface area contributed by atoms with Crippen LogP contribution in [0.2, 0.25) is 0 Å². The first kappa shape index (κ1) is 17.5. The van der Waals surface area contributed by atoms with E-state index in [4.69, 9.17) is 10.1 Å². The molecule has 0 radical (unpaired) electrons. The number of hydrogen-bond donors (Lipinski definition) is 2. The molecule has 2 N–H and O–H groups in total. The van der Waals surface area contributed by atoms with Crippen molar-refractivity contribution in [2.24, 2.45) is 7.05 Å². The molecule has 0 aliphatic carbocycles. The van der Waals surface area contributed by atoms with Crippen LogP contribution >= 0.6 is 0 Å². The summed E-state index contributed by atoms with van der Waals surface area (Å²) in [5.41, 5.74) is 3.12. The molecule has 0 saturated carbocycles. The predicted octanol–water partition coefficient (Wildman–Crippen LogP) is 4.58. The van der Waals surface area contributed by atoms with E-state index < -0.39 is 5.97 Å². The predicted molar refractivity (Wildman–Crippen MR) is 103 cm³/mol. The number of aliphatic carboxylic acids is 1. The Labute approximate surface area is 151 Å². The Kier molecular flexibility index (Phi) is 4.89. The molecular weight excluding hydrogens is 328 g/mol. The smallest absolute Gasteiger partial charge is 0.303 e. The van der Waals surface area contributed by atoms with Crippen LogP contribution in [0, 0.1) is 0 Å². The second-order valence-electron chi connectivity index (χ2n) is 5.94. The van der Waals surface area contributed by atoms with Gasteiger partial charge in [-0.2, -0.15) is 0 Å². The molecule has 26 heavy (non-hydrogen) atoms. The standard InChI is InChI=1S/C18H14N2O.C3H6O2/c1-20-16-11-8-12-4-2-3-5-15(12)17(16)19-18(20)13-6-9-14(21)10-7-13;1-2-3(4)5/h2-11,21H,1H3;2H2,1H3,(H,4,5). The Balaban J connectivity index is 0.000000349. The molecule has 0 unspecified atom stereocenters. The molecule has 1 aromatic heterocycles. The van der Waals surface area contributed by atoms with Gasteiger partial charge < -0.3 is 14.8 Å².